The Morgan fingerprint density at radius 2 is 1.83 bits per heavy atom. The molecule has 0 bridgehead atoms. The quantitative estimate of drug-likeness (QED) is 0.251. The number of aromatic nitrogens is 1. The van der Waals surface area contributed by atoms with E-state index in [1.165, 1.54) is 31.6 Å². The van der Waals surface area contributed by atoms with Crippen molar-refractivity contribution in [2.45, 2.75) is 37.9 Å². The van der Waals surface area contributed by atoms with Crippen molar-refractivity contribution >= 4 is 16.9 Å². The third-order valence-corrected chi connectivity index (χ3v) is 6.47. The van der Waals surface area contributed by atoms with Crippen LogP contribution in [0.25, 0.3) is 10.9 Å². The maximum Gasteiger partial charge on any atom is 0.422 e. The Morgan fingerprint density at radius 3 is 2.58 bits per heavy atom. The highest BCUT2D eigenvalue weighted by Crippen LogP contribution is 2.40. The van der Waals surface area contributed by atoms with Crippen LogP contribution in [-0.2, 0) is 17.7 Å². The second-order valence-electron chi connectivity index (χ2n) is 9.25. The average Bonchev–Trinajstić information content (AvgIpc) is 3.64. The minimum Gasteiger partial charge on any atom is -0.484 e. The van der Waals surface area contributed by atoms with Gasteiger partial charge in [0.05, 0.1) is 12.7 Å². The third kappa shape index (κ3) is 5.56. The highest BCUT2D eigenvalue weighted by Gasteiger charge is 2.28. The molecule has 0 saturated heterocycles. The number of methoxy groups -OCH3 is 1. The minimum atomic E-state index is -4.37. The van der Waals surface area contributed by atoms with Gasteiger partial charge in [-0.3, -0.25) is 0 Å². The van der Waals surface area contributed by atoms with Gasteiger partial charge in [-0.05, 0) is 89.2 Å². The summed E-state index contributed by atoms with van der Waals surface area (Å²) in [6, 6.07) is 21.0. The molecule has 0 atom stereocenters. The molecule has 0 radical (unpaired) electrons. The average molecular weight is 494 g/mol. The molecule has 4 aromatic rings. The van der Waals surface area contributed by atoms with Gasteiger partial charge in [-0.15, -0.1) is 0 Å². The van der Waals surface area contributed by atoms with Gasteiger partial charge in [0.1, 0.15) is 5.75 Å². The standard InChI is InChI=1S/C29H26F3NO3/c1-35-28(34)26-16-22(21-6-7-21)8-9-23(26)13-19-5-10-27-24(14-19)11-12-33(27)17-20-3-2-4-25(15-20)36-18-29(30,31)32/h2-5,8-12,14-16,21H,6-7,13,17-18H2,1H3. The first-order chi connectivity index (χ1) is 17.3. The van der Waals surface area contributed by atoms with Gasteiger partial charge in [0.15, 0.2) is 6.61 Å². The molecule has 36 heavy (non-hydrogen) atoms. The van der Waals surface area contributed by atoms with Gasteiger partial charge in [-0.25, -0.2) is 4.79 Å². The summed E-state index contributed by atoms with van der Waals surface area (Å²) >= 11 is 0. The van der Waals surface area contributed by atoms with E-state index >= 15 is 0 Å². The molecule has 0 aliphatic heterocycles. The first-order valence-electron chi connectivity index (χ1n) is 11.9. The fourth-order valence-corrected chi connectivity index (χ4v) is 4.53. The van der Waals surface area contributed by atoms with Gasteiger partial charge in [-0.2, -0.15) is 13.2 Å². The number of benzene rings is 3. The van der Waals surface area contributed by atoms with Crippen molar-refractivity contribution in [3.05, 3.63) is 101 Å². The molecule has 0 unspecified atom stereocenters. The molecule has 1 saturated carbocycles. The Kier molecular flexibility index (Phi) is 6.48. The molecule has 1 fully saturated rings. The topological polar surface area (TPSA) is 40.5 Å². The summed E-state index contributed by atoms with van der Waals surface area (Å²) in [5.74, 6) is 0.425. The zero-order valence-corrected chi connectivity index (χ0v) is 19.8. The molecule has 1 aliphatic carbocycles. The number of esters is 1. The highest BCUT2D eigenvalue weighted by atomic mass is 19.4. The first kappa shape index (κ1) is 24.0. The Hall–Kier alpha value is -3.74. The van der Waals surface area contributed by atoms with Crippen LogP contribution in [-0.4, -0.2) is 30.4 Å². The minimum absolute atomic E-state index is 0.192. The van der Waals surface area contributed by atoms with Crippen LogP contribution in [0.5, 0.6) is 5.75 Å². The number of ether oxygens (including phenoxy) is 2. The Bertz CT molecular complexity index is 1400. The van der Waals surface area contributed by atoms with Gasteiger partial charge in [0.2, 0.25) is 0 Å². The van der Waals surface area contributed by atoms with E-state index in [0.29, 0.717) is 24.4 Å². The number of carbonyl (C=O) groups is 1. The molecule has 1 aliphatic rings. The fourth-order valence-electron chi connectivity index (χ4n) is 4.53. The summed E-state index contributed by atoms with van der Waals surface area (Å²) in [5, 5.41) is 1.05. The number of halogens is 3. The van der Waals surface area contributed by atoms with E-state index < -0.39 is 12.8 Å². The normalized spacial score (nSPS) is 13.7. The molecule has 186 valence electrons. The molecule has 0 spiro atoms. The van der Waals surface area contributed by atoms with Crippen molar-refractivity contribution in [3.8, 4) is 5.75 Å². The summed E-state index contributed by atoms with van der Waals surface area (Å²) < 4.78 is 49.4. The lowest BCUT2D eigenvalue weighted by molar-refractivity contribution is -0.153. The molecular weight excluding hydrogens is 467 g/mol. The highest BCUT2D eigenvalue weighted by molar-refractivity contribution is 5.91. The van der Waals surface area contributed by atoms with Crippen LogP contribution in [0, 0.1) is 0 Å². The summed E-state index contributed by atoms with van der Waals surface area (Å²) in [7, 11) is 1.41. The van der Waals surface area contributed by atoms with Gasteiger partial charge in [0, 0.05) is 18.3 Å². The molecule has 0 amide bonds. The summed E-state index contributed by atoms with van der Waals surface area (Å²) in [6.45, 7) is -0.812. The lowest BCUT2D eigenvalue weighted by Gasteiger charge is -2.12. The number of alkyl halides is 3. The maximum absolute atomic E-state index is 12.5. The zero-order chi connectivity index (χ0) is 25.3. The van der Waals surface area contributed by atoms with Crippen LogP contribution in [0.4, 0.5) is 13.2 Å². The van der Waals surface area contributed by atoms with E-state index in [4.69, 9.17) is 9.47 Å². The Labute approximate surface area is 207 Å². The van der Waals surface area contributed by atoms with Crippen LogP contribution in [0.2, 0.25) is 0 Å². The second kappa shape index (κ2) is 9.72. The lowest BCUT2D eigenvalue weighted by atomic mass is 9.96. The second-order valence-corrected chi connectivity index (χ2v) is 9.25. The van der Waals surface area contributed by atoms with Crippen molar-refractivity contribution in [2.24, 2.45) is 0 Å². The van der Waals surface area contributed by atoms with Crippen LogP contribution >= 0.6 is 0 Å². The Balaban J connectivity index is 1.34. The van der Waals surface area contributed by atoms with Crippen molar-refractivity contribution in [1.82, 2.24) is 4.57 Å². The van der Waals surface area contributed by atoms with Gasteiger partial charge >= 0.3 is 12.1 Å². The van der Waals surface area contributed by atoms with Gasteiger partial charge in [0.25, 0.3) is 0 Å². The van der Waals surface area contributed by atoms with E-state index in [0.717, 1.165) is 27.6 Å². The molecule has 1 aromatic heterocycles. The van der Waals surface area contributed by atoms with Crippen LogP contribution in [0.15, 0.2) is 72.9 Å². The molecule has 0 N–H and O–H groups in total. The molecule has 4 nitrogen and oxygen atoms in total. The number of fused-ring (bicyclic) bond motifs is 1. The molecule has 3 aromatic carbocycles. The zero-order valence-electron chi connectivity index (χ0n) is 19.8. The number of rotatable bonds is 8. The molecule has 1 heterocycles. The van der Waals surface area contributed by atoms with E-state index in [-0.39, 0.29) is 11.7 Å². The van der Waals surface area contributed by atoms with E-state index in [1.807, 2.05) is 47.2 Å². The van der Waals surface area contributed by atoms with Gasteiger partial charge < -0.3 is 14.0 Å². The predicted molar refractivity (Wildman–Crippen MR) is 132 cm³/mol. The molecular formula is C29H26F3NO3. The smallest absolute Gasteiger partial charge is 0.422 e. The van der Waals surface area contributed by atoms with Crippen LogP contribution < -0.4 is 4.74 Å². The predicted octanol–water partition coefficient (Wildman–Crippen LogP) is 6.89. The molecule has 7 heteroatoms. The van der Waals surface area contributed by atoms with E-state index in [9.17, 15) is 18.0 Å². The van der Waals surface area contributed by atoms with Crippen molar-refractivity contribution in [3.63, 3.8) is 0 Å². The summed E-state index contributed by atoms with van der Waals surface area (Å²) in [4.78, 5) is 12.4. The maximum atomic E-state index is 12.5. The van der Waals surface area contributed by atoms with Gasteiger partial charge in [-0.1, -0.05) is 30.3 Å². The summed E-state index contributed by atoms with van der Waals surface area (Å²) in [6.07, 6.45) is 0.523. The SMILES string of the molecule is COC(=O)c1cc(C2CC2)ccc1Cc1ccc2c(ccn2Cc2cccc(OCC(F)(F)F)c2)c1. The molecule has 5 rings (SSSR count). The van der Waals surface area contributed by atoms with Crippen LogP contribution in [0.1, 0.15) is 51.4 Å². The van der Waals surface area contributed by atoms with Crippen molar-refractivity contribution in [1.29, 1.82) is 0 Å². The van der Waals surface area contributed by atoms with E-state index in [1.54, 1.807) is 12.1 Å². The number of nitrogens with zero attached hydrogens (tertiary/aromatic N) is 1. The number of carbonyl (C=O) groups excluding carboxylic acids is 1. The van der Waals surface area contributed by atoms with Crippen molar-refractivity contribution in [2.75, 3.05) is 13.7 Å². The monoisotopic (exact) mass is 493 g/mol. The van der Waals surface area contributed by atoms with Crippen molar-refractivity contribution < 1.29 is 27.4 Å². The third-order valence-electron chi connectivity index (χ3n) is 6.47. The Morgan fingerprint density at radius 1 is 1.00 bits per heavy atom. The summed E-state index contributed by atoms with van der Waals surface area (Å²) in [5.41, 5.74) is 5.67. The number of hydrogen-bond acceptors (Lipinski definition) is 3. The number of hydrogen-bond donors (Lipinski definition) is 0. The van der Waals surface area contributed by atoms with E-state index in [2.05, 4.69) is 12.1 Å². The van der Waals surface area contributed by atoms with Crippen LogP contribution in [0.3, 0.4) is 0 Å². The first-order valence-corrected chi connectivity index (χ1v) is 11.9. The largest absolute Gasteiger partial charge is 0.484 e. The lowest BCUT2D eigenvalue weighted by Crippen LogP contribution is -2.19. The fraction of sp³-hybridized carbons (Fsp3) is 0.276.